The van der Waals surface area contributed by atoms with Gasteiger partial charge in [0.25, 0.3) is 0 Å². The number of nitrogens with zero attached hydrogens (tertiary/aromatic N) is 5. The van der Waals surface area contributed by atoms with E-state index < -0.39 is 4.92 Å². The number of para-hydroxylation sites is 1. The summed E-state index contributed by atoms with van der Waals surface area (Å²) in [5.74, 6) is 0.612. The van der Waals surface area contributed by atoms with Gasteiger partial charge < -0.3 is 19.9 Å². The Morgan fingerprint density at radius 1 is 1.26 bits per heavy atom. The van der Waals surface area contributed by atoms with Crippen LogP contribution in [-0.2, 0) is 4.74 Å². The maximum Gasteiger partial charge on any atom is 0.353 e. The molecule has 1 aliphatic heterocycles. The van der Waals surface area contributed by atoms with E-state index in [0.29, 0.717) is 38.7 Å². The van der Waals surface area contributed by atoms with E-state index in [1.54, 1.807) is 0 Å². The third-order valence-electron chi connectivity index (χ3n) is 4.46. The number of hydrogen-bond donors (Lipinski definition) is 1. The third-order valence-corrected chi connectivity index (χ3v) is 4.46. The number of nitro groups is 1. The van der Waals surface area contributed by atoms with Crippen molar-refractivity contribution < 1.29 is 9.66 Å². The van der Waals surface area contributed by atoms with E-state index in [2.05, 4.69) is 32.3 Å². The predicted molar refractivity (Wildman–Crippen MR) is 105 cm³/mol. The highest BCUT2D eigenvalue weighted by atomic mass is 16.6. The Labute approximate surface area is 158 Å². The minimum absolute atomic E-state index is 0.0733. The second-order valence-electron chi connectivity index (χ2n) is 6.29. The van der Waals surface area contributed by atoms with Gasteiger partial charge in [0.2, 0.25) is 11.6 Å². The summed E-state index contributed by atoms with van der Waals surface area (Å²) in [4.78, 5) is 23.5. The fourth-order valence-electron chi connectivity index (χ4n) is 3.01. The first-order chi connectivity index (χ1) is 13.2. The molecular weight excluding hydrogens is 348 g/mol. The molecule has 0 unspecified atom stereocenters. The molecule has 144 valence electrons. The van der Waals surface area contributed by atoms with Gasteiger partial charge in [-0.3, -0.25) is 10.1 Å². The van der Waals surface area contributed by atoms with Crippen molar-refractivity contribution >= 4 is 23.0 Å². The molecule has 9 nitrogen and oxygen atoms in total. The smallest absolute Gasteiger partial charge is 0.353 e. The lowest BCUT2D eigenvalue weighted by molar-refractivity contribution is -0.383. The van der Waals surface area contributed by atoms with E-state index in [4.69, 9.17) is 4.74 Å². The zero-order valence-corrected chi connectivity index (χ0v) is 15.4. The van der Waals surface area contributed by atoms with Gasteiger partial charge >= 0.3 is 5.69 Å². The first-order valence-electron chi connectivity index (χ1n) is 8.99. The van der Waals surface area contributed by atoms with Crippen molar-refractivity contribution in [1.82, 2.24) is 9.97 Å². The Kier molecular flexibility index (Phi) is 6.37. The van der Waals surface area contributed by atoms with Gasteiger partial charge in [0.1, 0.15) is 6.33 Å². The van der Waals surface area contributed by atoms with Crippen LogP contribution in [0.2, 0.25) is 0 Å². The van der Waals surface area contributed by atoms with Crippen LogP contribution in [0.25, 0.3) is 0 Å². The van der Waals surface area contributed by atoms with Gasteiger partial charge in [-0.15, -0.1) is 0 Å². The molecular formula is C18H24N6O3. The lowest BCUT2D eigenvalue weighted by Crippen LogP contribution is -2.37. The first-order valence-corrected chi connectivity index (χ1v) is 8.99. The van der Waals surface area contributed by atoms with E-state index in [-0.39, 0.29) is 11.5 Å². The summed E-state index contributed by atoms with van der Waals surface area (Å²) in [7, 11) is 2.03. The van der Waals surface area contributed by atoms with Crippen LogP contribution in [0.15, 0.2) is 36.7 Å². The highest BCUT2D eigenvalue weighted by molar-refractivity contribution is 5.70. The van der Waals surface area contributed by atoms with Crippen LogP contribution in [0.4, 0.5) is 23.0 Å². The van der Waals surface area contributed by atoms with Gasteiger partial charge in [0, 0.05) is 38.9 Å². The standard InChI is InChI=1S/C18H24N6O3/c1-22(15-6-3-2-4-7-15)9-5-8-19-17-16(24(25)26)18(21-14-20-17)23-10-12-27-13-11-23/h2-4,6-7,14H,5,8-13H2,1H3,(H,19,20,21). The molecule has 1 N–H and O–H groups in total. The summed E-state index contributed by atoms with van der Waals surface area (Å²) in [5.41, 5.74) is 1.07. The average molecular weight is 372 g/mol. The number of nitrogens with one attached hydrogen (secondary N) is 1. The van der Waals surface area contributed by atoms with Crippen molar-refractivity contribution in [3.8, 4) is 0 Å². The maximum absolute atomic E-state index is 11.6. The second-order valence-corrected chi connectivity index (χ2v) is 6.29. The molecule has 0 saturated carbocycles. The Balaban J connectivity index is 1.61. The molecule has 1 fully saturated rings. The Bertz CT molecular complexity index is 752. The van der Waals surface area contributed by atoms with Crippen molar-refractivity contribution in [1.29, 1.82) is 0 Å². The molecule has 0 radical (unpaired) electrons. The zero-order chi connectivity index (χ0) is 19.1. The van der Waals surface area contributed by atoms with Crippen molar-refractivity contribution in [3.05, 3.63) is 46.8 Å². The zero-order valence-electron chi connectivity index (χ0n) is 15.4. The molecule has 0 bridgehead atoms. The molecule has 3 rings (SSSR count). The molecule has 0 amide bonds. The highest BCUT2D eigenvalue weighted by Gasteiger charge is 2.27. The quantitative estimate of drug-likeness (QED) is 0.428. The van der Waals surface area contributed by atoms with Crippen molar-refractivity contribution in [3.63, 3.8) is 0 Å². The Morgan fingerprint density at radius 3 is 2.70 bits per heavy atom. The highest BCUT2D eigenvalue weighted by Crippen LogP contribution is 2.32. The number of morpholine rings is 1. The number of rotatable bonds is 8. The van der Waals surface area contributed by atoms with Gasteiger partial charge in [0.05, 0.1) is 18.1 Å². The van der Waals surface area contributed by atoms with Crippen LogP contribution in [0.1, 0.15) is 6.42 Å². The monoisotopic (exact) mass is 372 g/mol. The average Bonchev–Trinajstić information content (AvgIpc) is 2.72. The lowest BCUT2D eigenvalue weighted by atomic mass is 10.3. The van der Waals surface area contributed by atoms with E-state index in [1.165, 1.54) is 6.33 Å². The topological polar surface area (TPSA) is 96.7 Å². The van der Waals surface area contributed by atoms with Crippen LogP contribution < -0.4 is 15.1 Å². The van der Waals surface area contributed by atoms with Crippen LogP contribution in [0, 0.1) is 10.1 Å². The molecule has 0 spiro atoms. The van der Waals surface area contributed by atoms with Crippen LogP contribution in [-0.4, -0.2) is 61.3 Å². The van der Waals surface area contributed by atoms with Gasteiger partial charge in [-0.2, -0.15) is 0 Å². The van der Waals surface area contributed by atoms with Gasteiger partial charge in [0.15, 0.2) is 0 Å². The van der Waals surface area contributed by atoms with E-state index >= 15 is 0 Å². The Morgan fingerprint density at radius 2 is 2.00 bits per heavy atom. The number of anilines is 3. The van der Waals surface area contributed by atoms with Crippen molar-refractivity contribution in [2.24, 2.45) is 0 Å². The second kappa shape index (κ2) is 9.13. The summed E-state index contributed by atoms with van der Waals surface area (Å²) >= 11 is 0. The molecule has 9 heteroatoms. The fourth-order valence-corrected chi connectivity index (χ4v) is 3.01. The minimum atomic E-state index is -0.413. The SMILES string of the molecule is CN(CCCNc1ncnc(N2CCOCC2)c1[N+](=O)[O-])c1ccccc1. The minimum Gasteiger partial charge on any atom is -0.378 e. The normalized spacial score (nSPS) is 14.0. The molecule has 1 saturated heterocycles. The van der Waals surface area contributed by atoms with Crippen LogP contribution in [0.3, 0.4) is 0 Å². The number of ether oxygens (including phenoxy) is 1. The first kappa shape index (κ1) is 18.8. The van der Waals surface area contributed by atoms with E-state index in [1.807, 2.05) is 30.1 Å². The van der Waals surface area contributed by atoms with Crippen molar-refractivity contribution in [2.45, 2.75) is 6.42 Å². The predicted octanol–water partition coefficient (Wildman–Crippen LogP) is 2.16. The number of aromatic nitrogens is 2. The summed E-state index contributed by atoms with van der Waals surface area (Å²) in [6.07, 6.45) is 2.19. The van der Waals surface area contributed by atoms with Crippen LogP contribution >= 0.6 is 0 Å². The fraction of sp³-hybridized carbons (Fsp3) is 0.444. The molecule has 2 aromatic rings. The molecule has 1 aliphatic rings. The molecule has 0 aliphatic carbocycles. The molecule has 2 heterocycles. The third kappa shape index (κ3) is 4.82. The number of benzene rings is 1. The number of hydrogen-bond acceptors (Lipinski definition) is 8. The molecule has 1 aromatic carbocycles. The summed E-state index contributed by atoms with van der Waals surface area (Å²) in [6, 6.07) is 10.1. The van der Waals surface area contributed by atoms with Crippen molar-refractivity contribution in [2.75, 3.05) is 61.6 Å². The van der Waals surface area contributed by atoms with Gasteiger partial charge in [-0.1, -0.05) is 18.2 Å². The van der Waals surface area contributed by atoms with E-state index in [9.17, 15) is 10.1 Å². The van der Waals surface area contributed by atoms with Gasteiger partial charge in [-0.05, 0) is 18.6 Å². The lowest BCUT2D eigenvalue weighted by Gasteiger charge is -2.27. The largest absolute Gasteiger partial charge is 0.378 e. The summed E-state index contributed by atoms with van der Waals surface area (Å²) < 4.78 is 5.31. The molecule has 27 heavy (non-hydrogen) atoms. The molecule has 1 aromatic heterocycles. The molecule has 0 atom stereocenters. The maximum atomic E-state index is 11.6. The van der Waals surface area contributed by atoms with Gasteiger partial charge in [-0.25, -0.2) is 9.97 Å². The summed E-state index contributed by atoms with van der Waals surface area (Å²) in [6.45, 7) is 3.65. The van der Waals surface area contributed by atoms with Crippen LogP contribution in [0.5, 0.6) is 0 Å². The Hall–Kier alpha value is -2.94. The summed E-state index contributed by atoms with van der Waals surface area (Å²) in [5, 5.41) is 14.7. The van der Waals surface area contributed by atoms with E-state index in [0.717, 1.165) is 18.7 Å².